The van der Waals surface area contributed by atoms with Crippen molar-refractivity contribution in [1.82, 2.24) is 0 Å². The summed E-state index contributed by atoms with van der Waals surface area (Å²) in [7, 11) is 1.42. The summed E-state index contributed by atoms with van der Waals surface area (Å²) in [5.74, 6) is 0.0964. The molecule has 0 aliphatic carbocycles. The number of benzene rings is 2. The van der Waals surface area contributed by atoms with E-state index in [-0.39, 0.29) is 35.0 Å². The van der Waals surface area contributed by atoms with Crippen LogP contribution in [-0.2, 0) is 14.2 Å². The molecule has 3 aliphatic heterocycles. The summed E-state index contributed by atoms with van der Waals surface area (Å²) >= 11 is 0. The summed E-state index contributed by atoms with van der Waals surface area (Å²) in [6.45, 7) is -1.40. The summed E-state index contributed by atoms with van der Waals surface area (Å²) in [6, 6.07) is 9.09. The molecule has 0 amide bonds. The molecule has 11 atom stereocenters. The molecule has 15 heteroatoms. The van der Waals surface area contributed by atoms with E-state index in [1.165, 1.54) is 31.4 Å². The van der Waals surface area contributed by atoms with Crippen molar-refractivity contribution in [1.29, 1.82) is 0 Å². The van der Waals surface area contributed by atoms with Gasteiger partial charge < -0.3 is 69.3 Å². The number of ketones is 1. The number of aromatic hydroxyl groups is 1. The highest BCUT2D eigenvalue weighted by Crippen LogP contribution is 2.42. The summed E-state index contributed by atoms with van der Waals surface area (Å²) in [4.78, 5) is 12.8. The van der Waals surface area contributed by atoms with Crippen LogP contribution in [-0.4, -0.2) is 128 Å². The van der Waals surface area contributed by atoms with Gasteiger partial charge in [0.2, 0.25) is 6.29 Å². The summed E-state index contributed by atoms with van der Waals surface area (Å²) in [5, 5.41) is 81.1. The maximum atomic E-state index is 12.8. The van der Waals surface area contributed by atoms with E-state index in [4.69, 9.17) is 28.4 Å². The highest BCUT2D eigenvalue weighted by atomic mass is 16.8. The summed E-state index contributed by atoms with van der Waals surface area (Å²) in [5.41, 5.74) is 0.659. The molecular formula is C28H34O15. The average molecular weight is 611 g/mol. The predicted molar refractivity (Wildman–Crippen MR) is 140 cm³/mol. The molecule has 43 heavy (non-hydrogen) atoms. The van der Waals surface area contributed by atoms with Gasteiger partial charge in [-0.1, -0.05) is 12.1 Å². The summed E-state index contributed by atoms with van der Waals surface area (Å²) in [6.07, 6.45) is -16.6. The van der Waals surface area contributed by atoms with Gasteiger partial charge in [-0.2, -0.15) is 0 Å². The molecule has 236 valence electrons. The Morgan fingerprint density at radius 2 is 1.44 bits per heavy atom. The lowest BCUT2D eigenvalue weighted by Gasteiger charge is -2.45. The molecule has 5 rings (SSSR count). The number of fused-ring (bicyclic) bond motifs is 1. The molecule has 0 aromatic heterocycles. The van der Waals surface area contributed by atoms with E-state index in [9.17, 15) is 45.6 Å². The van der Waals surface area contributed by atoms with Crippen molar-refractivity contribution >= 4 is 5.78 Å². The number of aliphatic hydroxyl groups is 7. The van der Waals surface area contributed by atoms with Crippen molar-refractivity contribution < 1.29 is 74.1 Å². The fourth-order valence-electron chi connectivity index (χ4n) is 5.24. The lowest BCUT2D eigenvalue weighted by molar-refractivity contribution is -0.357. The third kappa shape index (κ3) is 6.14. The Hall–Kier alpha value is -3.09. The van der Waals surface area contributed by atoms with Gasteiger partial charge in [-0.3, -0.25) is 4.79 Å². The van der Waals surface area contributed by atoms with Crippen LogP contribution in [0.1, 0.15) is 28.4 Å². The van der Waals surface area contributed by atoms with Gasteiger partial charge in [-0.25, -0.2) is 0 Å². The van der Waals surface area contributed by atoms with Crippen molar-refractivity contribution in [3.63, 3.8) is 0 Å². The Bertz CT molecular complexity index is 1270. The molecule has 2 saturated heterocycles. The predicted octanol–water partition coefficient (Wildman–Crippen LogP) is -1.89. The molecule has 2 aromatic rings. The number of phenolic OH excluding ortho intramolecular Hbond substituents is 1. The van der Waals surface area contributed by atoms with Gasteiger partial charge in [-0.15, -0.1) is 0 Å². The van der Waals surface area contributed by atoms with Gasteiger partial charge in [-0.05, 0) is 17.7 Å². The average Bonchev–Trinajstić information content (AvgIpc) is 3.00. The zero-order valence-corrected chi connectivity index (χ0v) is 22.9. The molecule has 3 heterocycles. The van der Waals surface area contributed by atoms with Crippen molar-refractivity contribution in [2.75, 3.05) is 20.3 Å². The number of rotatable bonds is 8. The van der Waals surface area contributed by atoms with Crippen molar-refractivity contribution in [2.45, 2.75) is 73.9 Å². The van der Waals surface area contributed by atoms with Gasteiger partial charge >= 0.3 is 0 Å². The second-order valence-electron chi connectivity index (χ2n) is 10.4. The standard InChI is InChI=1S/C28H34O15/c1-38-13-6-14(31)20-15(32)8-16(40-17(20)7-13)11-2-4-12(5-3-11)39-28-26(24(36)22(34)19(10-30)42-28)43-27-25(37)23(35)21(33)18(9-29)41-27/h2-7,16,18-19,21-31,33-37H,8-10H2,1H3/t16?,18-,19-,21-,22-,23+,24+,25-,26-,27+,28-/m1/s1. The largest absolute Gasteiger partial charge is 0.507 e. The van der Waals surface area contributed by atoms with Gasteiger partial charge in [0.05, 0.1) is 26.7 Å². The number of Topliss-reactive ketones (excluding diaryl/α,β-unsaturated/α-hetero) is 1. The van der Waals surface area contributed by atoms with Crippen LogP contribution >= 0.6 is 0 Å². The van der Waals surface area contributed by atoms with Crippen LogP contribution in [0.2, 0.25) is 0 Å². The minimum atomic E-state index is -1.80. The minimum absolute atomic E-state index is 0.0455. The number of phenols is 1. The Morgan fingerprint density at radius 1 is 0.814 bits per heavy atom. The number of methoxy groups -OCH3 is 1. The van der Waals surface area contributed by atoms with Crippen LogP contribution in [0.15, 0.2) is 36.4 Å². The van der Waals surface area contributed by atoms with Crippen LogP contribution in [0.25, 0.3) is 0 Å². The Balaban J connectivity index is 1.33. The molecule has 0 saturated carbocycles. The number of hydrogen-bond donors (Lipinski definition) is 8. The zero-order chi connectivity index (χ0) is 31.0. The van der Waals surface area contributed by atoms with E-state index in [0.717, 1.165) is 0 Å². The first-order valence-corrected chi connectivity index (χ1v) is 13.5. The number of aliphatic hydroxyl groups excluding tert-OH is 7. The fraction of sp³-hybridized carbons (Fsp3) is 0.536. The molecule has 0 bridgehead atoms. The summed E-state index contributed by atoms with van der Waals surface area (Å²) < 4.78 is 33.6. The van der Waals surface area contributed by atoms with Crippen molar-refractivity contribution in [3.05, 3.63) is 47.5 Å². The molecule has 0 radical (unpaired) electrons. The first kappa shape index (κ1) is 31.3. The van der Waals surface area contributed by atoms with Gasteiger partial charge in [0.25, 0.3) is 0 Å². The van der Waals surface area contributed by atoms with Crippen LogP contribution < -0.4 is 14.2 Å². The normalized spacial score (nSPS) is 36.0. The van der Waals surface area contributed by atoms with Crippen LogP contribution in [0.3, 0.4) is 0 Å². The molecule has 3 aliphatic rings. The molecule has 8 N–H and O–H groups in total. The fourth-order valence-corrected chi connectivity index (χ4v) is 5.24. The lowest BCUT2D eigenvalue weighted by atomic mass is 9.95. The van der Waals surface area contributed by atoms with E-state index in [2.05, 4.69) is 0 Å². The molecule has 1 unspecified atom stereocenters. The molecule has 15 nitrogen and oxygen atoms in total. The Kier molecular flexibility index (Phi) is 9.38. The van der Waals surface area contributed by atoms with Gasteiger partial charge in [0.1, 0.15) is 77.4 Å². The third-order valence-electron chi connectivity index (χ3n) is 7.68. The quantitative estimate of drug-likeness (QED) is 0.163. The van der Waals surface area contributed by atoms with E-state index < -0.39 is 80.7 Å². The molecule has 2 aromatic carbocycles. The highest BCUT2D eigenvalue weighted by molar-refractivity contribution is 6.02. The second kappa shape index (κ2) is 12.9. The maximum absolute atomic E-state index is 12.8. The Labute approximate surface area is 245 Å². The van der Waals surface area contributed by atoms with Crippen LogP contribution in [0, 0.1) is 0 Å². The monoisotopic (exact) mass is 610 g/mol. The Morgan fingerprint density at radius 3 is 2.07 bits per heavy atom. The first-order chi connectivity index (χ1) is 20.6. The van der Waals surface area contributed by atoms with E-state index in [1.807, 2.05) is 0 Å². The van der Waals surface area contributed by atoms with E-state index in [1.54, 1.807) is 12.1 Å². The molecular weight excluding hydrogens is 576 g/mol. The van der Waals surface area contributed by atoms with Gasteiger partial charge in [0.15, 0.2) is 18.2 Å². The number of hydrogen-bond acceptors (Lipinski definition) is 15. The van der Waals surface area contributed by atoms with Crippen molar-refractivity contribution in [3.8, 4) is 23.0 Å². The van der Waals surface area contributed by atoms with Crippen LogP contribution in [0.5, 0.6) is 23.0 Å². The first-order valence-electron chi connectivity index (χ1n) is 13.5. The number of carbonyl (C=O) groups excluding carboxylic acids is 1. The number of ether oxygens (including phenoxy) is 6. The van der Waals surface area contributed by atoms with E-state index >= 15 is 0 Å². The third-order valence-corrected chi connectivity index (χ3v) is 7.68. The topological polar surface area (TPSA) is 234 Å². The number of carbonyl (C=O) groups is 1. The molecule has 2 fully saturated rings. The van der Waals surface area contributed by atoms with E-state index in [0.29, 0.717) is 11.3 Å². The maximum Gasteiger partial charge on any atom is 0.229 e. The van der Waals surface area contributed by atoms with Crippen molar-refractivity contribution in [2.24, 2.45) is 0 Å². The zero-order valence-electron chi connectivity index (χ0n) is 22.9. The van der Waals surface area contributed by atoms with Crippen LogP contribution in [0.4, 0.5) is 0 Å². The highest BCUT2D eigenvalue weighted by Gasteiger charge is 2.51. The SMILES string of the molecule is COc1cc(O)c2c(c1)OC(c1ccc(O[C@@H]3O[C@H](CO)[C@@H](O)[C@H](O)[C@H]3O[C@@H]3O[C@H](CO)[C@@H](O)[C@H](O)[C@H]3O)cc1)CC2=O. The smallest absolute Gasteiger partial charge is 0.229 e. The lowest BCUT2D eigenvalue weighted by Crippen LogP contribution is -2.65. The second-order valence-corrected chi connectivity index (χ2v) is 10.4. The van der Waals surface area contributed by atoms with Gasteiger partial charge in [0, 0.05) is 12.1 Å². The minimum Gasteiger partial charge on any atom is -0.507 e. The molecule has 0 spiro atoms.